The van der Waals surface area contributed by atoms with Gasteiger partial charge in [-0.25, -0.2) is 4.79 Å². The molecule has 2 amide bonds. The highest BCUT2D eigenvalue weighted by atomic mass is 16.4. The molecule has 0 spiro atoms. The molecular weight excluding hydrogens is 454 g/mol. The van der Waals surface area contributed by atoms with Crippen molar-refractivity contribution in [1.82, 2.24) is 0 Å². The monoisotopic (exact) mass is 504 g/mol. The van der Waals surface area contributed by atoms with Crippen LogP contribution >= 0.6 is 0 Å². The molecule has 204 valence electrons. The van der Waals surface area contributed by atoms with E-state index in [0.29, 0.717) is 48.5 Å². The Bertz CT molecular complexity index is 877. The first kappa shape index (κ1) is 26.6. The zero-order chi connectivity index (χ0) is 26.0. The van der Waals surface area contributed by atoms with Gasteiger partial charge in [0.1, 0.15) is 6.04 Å². The fraction of sp³-hybridized carbons (Fsp3) is 0.933. The minimum atomic E-state index is -0.975. The van der Waals surface area contributed by atoms with Crippen LogP contribution in [-0.4, -0.2) is 56.6 Å². The van der Waals surface area contributed by atoms with Crippen molar-refractivity contribution in [1.29, 1.82) is 0 Å². The van der Waals surface area contributed by atoms with Crippen LogP contribution in [0.2, 0.25) is 0 Å². The number of quaternary nitrogens is 1. The molecule has 5 aliphatic rings. The Morgan fingerprint density at radius 3 is 2.33 bits per heavy atom. The van der Waals surface area contributed by atoms with Crippen molar-refractivity contribution in [2.45, 2.75) is 123 Å². The molecule has 4 unspecified atom stereocenters. The van der Waals surface area contributed by atoms with Crippen LogP contribution in [0.5, 0.6) is 0 Å². The lowest BCUT2D eigenvalue weighted by Gasteiger charge is -2.62. The number of fused-ring (bicyclic) bond motifs is 5. The van der Waals surface area contributed by atoms with Gasteiger partial charge >= 0.3 is 12.0 Å². The molecule has 12 atom stereocenters. The number of amides is 2. The lowest BCUT2D eigenvalue weighted by molar-refractivity contribution is -0.792. The summed E-state index contributed by atoms with van der Waals surface area (Å²) in [6.45, 7) is 9.55. The lowest BCUT2D eigenvalue weighted by atomic mass is 9.43. The van der Waals surface area contributed by atoms with Gasteiger partial charge in [0.2, 0.25) is 0 Å². The first-order valence-corrected chi connectivity index (χ1v) is 15.0. The van der Waals surface area contributed by atoms with E-state index in [1.54, 1.807) is 0 Å². The summed E-state index contributed by atoms with van der Waals surface area (Å²) in [7, 11) is 0. The highest BCUT2D eigenvalue weighted by Crippen LogP contribution is 2.68. The molecule has 4 aliphatic carbocycles. The molecule has 36 heavy (non-hydrogen) atoms. The van der Waals surface area contributed by atoms with E-state index >= 15 is 0 Å². The first-order chi connectivity index (χ1) is 16.9. The van der Waals surface area contributed by atoms with Crippen molar-refractivity contribution in [3.63, 3.8) is 0 Å². The number of nitrogens with zero attached hydrogens (tertiary/aromatic N) is 1. The predicted molar refractivity (Wildman–Crippen MR) is 138 cm³/mol. The third-order valence-corrected chi connectivity index (χ3v) is 12.9. The van der Waals surface area contributed by atoms with Gasteiger partial charge in [-0.2, -0.15) is 9.28 Å². The molecule has 0 aromatic heterocycles. The third-order valence-electron chi connectivity index (χ3n) is 12.9. The van der Waals surface area contributed by atoms with E-state index in [-0.39, 0.29) is 39.5 Å². The average molecular weight is 505 g/mol. The summed E-state index contributed by atoms with van der Waals surface area (Å²) in [5.41, 5.74) is 0.420. The normalized spacial score (nSPS) is 51.2. The van der Waals surface area contributed by atoms with Gasteiger partial charge in [-0.05, 0) is 111 Å². The van der Waals surface area contributed by atoms with Crippen molar-refractivity contribution in [2.24, 2.45) is 46.3 Å². The molecule has 5 fully saturated rings. The summed E-state index contributed by atoms with van der Waals surface area (Å²) < 4.78 is -0.373. The topological polar surface area (TPSA) is 94.8 Å². The number of rotatable bonds is 4. The maximum atomic E-state index is 13.3. The Labute approximate surface area is 217 Å². The number of hydrogen-bond acceptors (Lipinski definition) is 4. The summed E-state index contributed by atoms with van der Waals surface area (Å²) >= 11 is 0. The summed E-state index contributed by atoms with van der Waals surface area (Å²) in [6, 6.07) is -0.132. The smallest absolute Gasteiger partial charge is 0.435 e. The number of aliphatic hydroxyl groups excluding tert-OH is 2. The minimum Gasteiger partial charge on any atom is -0.435 e. The summed E-state index contributed by atoms with van der Waals surface area (Å²) in [5.74, 6) is 2.65. The largest absolute Gasteiger partial charge is 0.521 e. The number of hydrogen-bond donors (Lipinski definition) is 3. The van der Waals surface area contributed by atoms with Crippen LogP contribution in [0.15, 0.2) is 0 Å². The first-order valence-electron chi connectivity index (χ1n) is 15.0. The van der Waals surface area contributed by atoms with Crippen molar-refractivity contribution in [3.8, 4) is 0 Å². The van der Waals surface area contributed by atoms with Crippen LogP contribution < -0.4 is 0 Å². The Hall–Kier alpha value is -0.980. The maximum absolute atomic E-state index is 13.3. The zero-order valence-corrected chi connectivity index (χ0v) is 23.0. The fourth-order valence-electron chi connectivity index (χ4n) is 10.8. The van der Waals surface area contributed by atoms with Crippen molar-refractivity contribution >= 4 is 12.0 Å². The molecule has 1 saturated heterocycles. The Morgan fingerprint density at radius 2 is 1.67 bits per heavy atom. The molecule has 3 N–H and O–H groups in total. The molecular formula is C30H50NO5+. The lowest BCUT2D eigenvalue weighted by Crippen LogP contribution is -2.59. The van der Waals surface area contributed by atoms with Gasteiger partial charge in [-0.15, -0.1) is 0 Å². The molecule has 1 aliphatic heterocycles. The van der Waals surface area contributed by atoms with Gasteiger partial charge in [-0.3, -0.25) is 0 Å². The summed E-state index contributed by atoms with van der Waals surface area (Å²) in [4.78, 5) is 25.4. The highest BCUT2D eigenvalue weighted by Gasteiger charge is 2.63. The van der Waals surface area contributed by atoms with Crippen LogP contribution in [0.1, 0.15) is 105 Å². The molecule has 0 bridgehead atoms. The van der Waals surface area contributed by atoms with Crippen LogP contribution in [-0.2, 0) is 4.79 Å². The van der Waals surface area contributed by atoms with E-state index in [0.717, 1.165) is 64.2 Å². The van der Waals surface area contributed by atoms with E-state index in [2.05, 4.69) is 20.8 Å². The molecule has 5 rings (SSSR count). The standard InChI is InChI=1S/C30H49NO5/c1-18(7-10-26(34)31(28(35)36)15-5-6-19(31)2)22-8-9-23-27-24(12-14-30(22,23)4)29(3)13-11-21(32)16-20(29)17-25(27)33/h18-25,27,32-33H,5-17H2,1-4H3/p+1/t18-,19-,20+,21-,22-,23?,24?,25+,27?,29+,30-,31?/m1/s1. The molecule has 4 saturated carbocycles. The van der Waals surface area contributed by atoms with E-state index in [1.807, 2.05) is 6.92 Å². The second kappa shape index (κ2) is 9.34. The van der Waals surface area contributed by atoms with Crippen LogP contribution in [0, 0.1) is 46.3 Å². The highest BCUT2D eigenvalue weighted by molar-refractivity contribution is 5.80. The van der Waals surface area contributed by atoms with E-state index in [9.17, 15) is 24.9 Å². The van der Waals surface area contributed by atoms with E-state index < -0.39 is 6.09 Å². The molecule has 0 aromatic rings. The van der Waals surface area contributed by atoms with Crippen LogP contribution in [0.3, 0.4) is 0 Å². The number of carbonyl (C=O) groups excluding carboxylic acids is 1. The van der Waals surface area contributed by atoms with Crippen molar-refractivity contribution in [3.05, 3.63) is 0 Å². The van der Waals surface area contributed by atoms with Crippen molar-refractivity contribution in [2.75, 3.05) is 6.54 Å². The Kier molecular flexibility index (Phi) is 6.91. The number of imide groups is 1. The molecule has 6 heteroatoms. The van der Waals surface area contributed by atoms with E-state index in [4.69, 9.17) is 0 Å². The summed E-state index contributed by atoms with van der Waals surface area (Å²) in [5, 5.41) is 31.7. The fourth-order valence-corrected chi connectivity index (χ4v) is 10.8. The zero-order valence-electron chi connectivity index (χ0n) is 23.0. The maximum Gasteiger partial charge on any atom is 0.521 e. The second-order valence-electron chi connectivity index (χ2n) is 14.2. The third kappa shape index (κ3) is 3.83. The van der Waals surface area contributed by atoms with Crippen LogP contribution in [0.25, 0.3) is 0 Å². The average Bonchev–Trinajstić information content (AvgIpc) is 3.39. The number of aliphatic hydroxyl groups is 2. The predicted octanol–water partition coefficient (Wildman–Crippen LogP) is 5.60. The van der Waals surface area contributed by atoms with Gasteiger partial charge in [-0.1, -0.05) is 20.8 Å². The van der Waals surface area contributed by atoms with Crippen molar-refractivity contribution < 1.29 is 29.4 Å². The van der Waals surface area contributed by atoms with Gasteiger partial charge in [0, 0.05) is 12.8 Å². The molecule has 0 aromatic carbocycles. The second-order valence-corrected chi connectivity index (χ2v) is 14.2. The van der Waals surface area contributed by atoms with Gasteiger partial charge in [0.05, 0.1) is 25.2 Å². The number of carbonyl (C=O) groups is 2. The quantitative estimate of drug-likeness (QED) is 0.434. The molecule has 6 nitrogen and oxygen atoms in total. The van der Waals surface area contributed by atoms with E-state index in [1.165, 1.54) is 6.42 Å². The SMILES string of the molecule is C[C@H](CCC(=O)[N+]1(C(=O)O)CCC[C@H]1C)[C@H]1CCC2C3C(CC[C@@]21C)[C@@]1(C)CC[C@@H](O)C[C@H]1C[C@@H]3O. The van der Waals surface area contributed by atoms with Gasteiger partial charge < -0.3 is 15.3 Å². The van der Waals surface area contributed by atoms with Gasteiger partial charge in [0.25, 0.3) is 0 Å². The number of likely N-dealkylation sites (tertiary alicyclic amines) is 1. The molecule has 1 heterocycles. The molecule has 0 radical (unpaired) electrons. The van der Waals surface area contributed by atoms with Crippen LogP contribution in [0.4, 0.5) is 4.79 Å². The Balaban J connectivity index is 1.29. The minimum absolute atomic E-state index is 0.107. The Morgan fingerprint density at radius 1 is 0.972 bits per heavy atom. The van der Waals surface area contributed by atoms with Gasteiger partial charge in [0.15, 0.2) is 0 Å². The number of carboxylic acid groups (broad SMARTS) is 1. The summed E-state index contributed by atoms with van der Waals surface area (Å²) in [6.07, 6.45) is 9.61.